The molecule has 5 rings (SSSR count). The molecule has 0 aliphatic carbocycles. The number of aromatic nitrogens is 2. The number of alkyl halides is 6. The fraction of sp³-hybridized carbons (Fsp3) is 0.400. The molecule has 1 aromatic heterocycles. The van der Waals surface area contributed by atoms with Gasteiger partial charge in [-0.3, -0.25) is 9.89 Å². The number of H-pyrrole nitrogens is 1. The number of hydrogen-bond acceptors (Lipinski definition) is 6. The molecule has 1 atom stereocenters. The largest absolute Gasteiger partial charge is 0.444 e. The standard InChI is InChI=1S/C30H29F6N5O3S/c1-28(2,3)44-27(43)41-10-9-20(15-41)40(4)26-38-25(42)24(45-26)21(16-6-8-23-18(11-16)14-37-39-23)12-17-5-7-19(29(31,32)33)13-22(17)30(34,35)36/h5-8,11,13-14,20H,9-10,12,15H2,1-4H3,(H,37,39). The minimum absolute atomic E-state index is 0.0507. The van der Waals surface area contributed by atoms with Crippen LogP contribution < -0.4 is 0 Å². The minimum Gasteiger partial charge on any atom is -0.444 e. The summed E-state index contributed by atoms with van der Waals surface area (Å²) in [5.74, 6) is -0.688. The number of nitrogens with one attached hydrogen (secondary N) is 1. The highest BCUT2D eigenvalue weighted by Gasteiger charge is 2.40. The van der Waals surface area contributed by atoms with Gasteiger partial charge < -0.3 is 14.5 Å². The normalized spacial score (nSPS) is 18.9. The van der Waals surface area contributed by atoms with Gasteiger partial charge in [0.05, 0.1) is 27.7 Å². The SMILES string of the molecule is CN(C1=NC(=O)C(=C(Cc2ccc(C(F)(F)F)cc2C(F)(F)F)c2ccc3[nH]ncc3c2)S1)C1CCN(C(=O)OC(C)(C)C)C1. The van der Waals surface area contributed by atoms with Crippen molar-refractivity contribution in [3.05, 3.63) is 69.8 Å². The Morgan fingerprint density at radius 3 is 2.49 bits per heavy atom. The van der Waals surface area contributed by atoms with E-state index in [-0.39, 0.29) is 27.8 Å². The molecule has 8 nitrogen and oxygen atoms in total. The molecule has 45 heavy (non-hydrogen) atoms. The van der Waals surface area contributed by atoms with Gasteiger partial charge in [-0.25, -0.2) is 4.79 Å². The number of aliphatic imine (C=N–C) groups is 1. The molecule has 240 valence electrons. The van der Waals surface area contributed by atoms with Crippen molar-refractivity contribution in [3.8, 4) is 0 Å². The molecule has 1 unspecified atom stereocenters. The van der Waals surface area contributed by atoms with E-state index in [1.807, 2.05) is 0 Å². The molecule has 0 radical (unpaired) electrons. The zero-order chi connectivity index (χ0) is 32.9. The Morgan fingerprint density at radius 2 is 1.82 bits per heavy atom. The number of benzene rings is 2. The Bertz CT molecular complexity index is 1710. The second kappa shape index (κ2) is 11.7. The topological polar surface area (TPSA) is 90.9 Å². The summed E-state index contributed by atoms with van der Waals surface area (Å²) in [6, 6.07) is 6.17. The summed E-state index contributed by atoms with van der Waals surface area (Å²) in [7, 11) is 1.71. The third-order valence-corrected chi connectivity index (χ3v) is 8.61. The number of ether oxygens (including phenoxy) is 1. The van der Waals surface area contributed by atoms with E-state index in [1.165, 1.54) is 6.20 Å². The molecule has 1 N–H and O–H groups in total. The van der Waals surface area contributed by atoms with Gasteiger partial charge in [0.25, 0.3) is 5.91 Å². The van der Waals surface area contributed by atoms with Crippen molar-refractivity contribution < 1.29 is 40.7 Å². The van der Waals surface area contributed by atoms with Crippen LogP contribution in [0.4, 0.5) is 31.1 Å². The zero-order valence-corrected chi connectivity index (χ0v) is 25.5. The van der Waals surface area contributed by atoms with Gasteiger partial charge in [0.2, 0.25) is 0 Å². The molecule has 15 heteroatoms. The van der Waals surface area contributed by atoms with Crippen molar-refractivity contribution in [2.45, 2.75) is 57.6 Å². The predicted octanol–water partition coefficient (Wildman–Crippen LogP) is 7.12. The van der Waals surface area contributed by atoms with E-state index >= 15 is 0 Å². The average molecular weight is 654 g/mol. The molecule has 2 aromatic carbocycles. The smallest absolute Gasteiger partial charge is 0.416 e. The molecule has 0 spiro atoms. The van der Waals surface area contributed by atoms with Gasteiger partial charge >= 0.3 is 18.4 Å². The number of likely N-dealkylation sites (tertiary alicyclic amines) is 1. The summed E-state index contributed by atoms with van der Waals surface area (Å²) in [4.78, 5) is 33.5. The van der Waals surface area contributed by atoms with E-state index in [0.29, 0.717) is 42.0 Å². The highest BCUT2D eigenvalue weighted by molar-refractivity contribution is 8.18. The molecular formula is C30H29F6N5O3S. The molecule has 0 bridgehead atoms. The van der Waals surface area contributed by atoms with Crippen LogP contribution in [0, 0.1) is 0 Å². The second-order valence-electron chi connectivity index (χ2n) is 11.8. The van der Waals surface area contributed by atoms with Gasteiger partial charge in [0.15, 0.2) is 5.17 Å². The molecule has 3 heterocycles. The molecule has 1 fully saturated rings. The van der Waals surface area contributed by atoms with Crippen molar-refractivity contribution in [1.29, 1.82) is 0 Å². The number of carbonyl (C=O) groups excluding carboxylic acids is 2. The van der Waals surface area contributed by atoms with Crippen LogP contribution in [0.15, 0.2) is 52.5 Å². The van der Waals surface area contributed by atoms with Crippen LogP contribution in [0.3, 0.4) is 0 Å². The van der Waals surface area contributed by atoms with E-state index in [4.69, 9.17) is 4.74 Å². The summed E-state index contributed by atoms with van der Waals surface area (Å²) < 4.78 is 87.7. The summed E-state index contributed by atoms with van der Waals surface area (Å²) >= 11 is 0.970. The van der Waals surface area contributed by atoms with Gasteiger partial charge in [0.1, 0.15) is 5.60 Å². The Balaban J connectivity index is 1.49. The monoisotopic (exact) mass is 653 g/mol. The molecule has 0 saturated carbocycles. The third-order valence-electron chi connectivity index (χ3n) is 7.42. The fourth-order valence-corrected chi connectivity index (χ4v) is 6.20. The lowest BCUT2D eigenvalue weighted by molar-refractivity contribution is -0.143. The third kappa shape index (κ3) is 7.13. The van der Waals surface area contributed by atoms with Crippen molar-refractivity contribution in [2.24, 2.45) is 4.99 Å². The average Bonchev–Trinajstić information content (AvgIpc) is 3.69. The Labute approximate surface area is 258 Å². The van der Waals surface area contributed by atoms with Crippen LogP contribution in [-0.4, -0.2) is 68.9 Å². The number of amidine groups is 1. The van der Waals surface area contributed by atoms with Crippen molar-refractivity contribution in [3.63, 3.8) is 0 Å². The molecule has 2 amide bonds. The lowest BCUT2D eigenvalue weighted by Crippen LogP contribution is -2.40. The van der Waals surface area contributed by atoms with E-state index in [2.05, 4.69) is 15.2 Å². The maximum atomic E-state index is 14.1. The minimum atomic E-state index is -5.09. The molecule has 3 aromatic rings. The first kappa shape index (κ1) is 32.4. The van der Waals surface area contributed by atoms with Crippen LogP contribution >= 0.6 is 11.8 Å². The number of amides is 2. The number of allylic oxidation sites excluding steroid dienone is 1. The summed E-state index contributed by atoms with van der Waals surface area (Å²) in [6.45, 7) is 6.01. The number of halogens is 6. The van der Waals surface area contributed by atoms with E-state index in [0.717, 1.165) is 17.8 Å². The number of rotatable bonds is 4. The van der Waals surface area contributed by atoms with Crippen LogP contribution in [0.1, 0.15) is 49.4 Å². The van der Waals surface area contributed by atoms with E-state index in [1.54, 1.807) is 55.8 Å². The Morgan fingerprint density at radius 1 is 1.09 bits per heavy atom. The van der Waals surface area contributed by atoms with Gasteiger partial charge in [-0.1, -0.05) is 12.1 Å². The van der Waals surface area contributed by atoms with Gasteiger partial charge in [0, 0.05) is 31.6 Å². The van der Waals surface area contributed by atoms with Gasteiger partial charge in [-0.2, -0.15) is 36.4 Å². The van der Waals surface area contributed by atoms with Gasteiger partial charge in [-0.15, -0.1) is 0 Å². The Kier molecular flexibility index (Phi) is 8.44. The van der Waals surface area contributed by atoms with Crippen LogP contribution in [0.5, 0.6) is 0 Å². The maximum Gasteiger partial charge on any atom is 0.416 e. The first-order valence-electron chi connectivity index (χ1n) is 13.9. The highest BCUT2D eigenvalue weighted by Crippen LogP contribution is 2.42. The number of thioether (sulfide) groups is 1. The zero-order valence-electron chi connectivity index (χ0n) is 24.6. The molecular weight excluding hydrogens is 624 g/mol. The number of carbonyl (C=O) groups is 2. The van der Waals surface area contributed by atoms with E-state index < -0.39 is 53.1 Å². The fourth-order valence-electron chi connectivity index (χ4n) is 5.15. The van der Waals surface area contributed by atoms with E-state index in [9.17, 15) is 35.9 Å². The number of hydrogen-bond donors (Lipinski definition) is 1. The maximum absolute atomic E-state index is 14.1. The van der Waals surface area contributed by atoms with Crippen LogP contribution in [0.2, 0.25) is 0 Å². The first-order chi connectivity index (χ1) is 20.9. The lowest BCUT2D eigenvalue weighted by atomic mass is 9.92. The number of fused-ring (bicyclic) bond motifs is 1. The number of nitrogens with zero attached hydrogens (tertiary/aromatic N) is 4. The van der Waals surface area contributed by atoms with Crippen LogP contribution in [-0.2, 0) is 28.3 Å². The second-order valence-corrected chi connectivity index (χ2v) is 12.8. The summed E-state index contributed by atoms with van der Waals surface area (Å²) in [6.07, 6.45) is -8.95. The first-order valence-corrected chi connectivity index (χ1v) is 14.7. The molecule has 2 aliphatic rings. The highest BCUT2D eigenvalue weighted by atomic mass is 32.2. The van der Waals surface area contributed by atoms with Gasteiger partial charge in [-0.05, 0) is 86.3 Å². The quantitative estimate of drug-likeness (QED) is 0.238. The number of aromatic amines is 1. The van der Waals surface area contributed by atoms with Crippen LogP contribution in [0.25, 0.3) is 16.5 Å². The number of likely N-dealkylation sites (N-methyl/N-ethyl adjacent to an activating group) is 1. The predicted molar refractivity (Wildman–Crippen MR) is 157 cm³/mol. The van der Waals surface area contributed by atoms with Crippen molar-refractivity contribution in [1.82, 2.24) is 20.0 Å². The Hall–Kier alpha value is -4.01. The summed E-state index contributed by atoms with van der Waals surface area (Å²) in [5, 5.41) is 7.65. The van der Waals surface area contributed by atoms with Crippen molar-refractivity contribution in [2.75, 3.05) is 20.1 Å². The lowest BCUT2D eigenvalue weighted by Gasteiger charge is -2.27. The molecule has 1 saturated heterocycles. The van der Waals surface area contributed by atoms with Crippen molar-refractivity contribution >= 4 is 45.4 Å². The summed E-state index contributed by atoms with van der Waals surface area (Å²) in [5.41, 5.74) is -2.76. The molecule has 2 aliphatic heterocycles.